The van der Waals surface area contributed by atoms with Crippen LogP contribution in [0.1, 0.15) is 27.2 Å². The molecule has 1 atom stereocenters. The van der Waals surface area contributed by atoms with Crippen molar-refractivity contribution in [3.8, 4) is 0 Å². The molecular formula is C8H14Cl2N2O4S. The van der Waals surface area contributed by atoms with Gasteiger partial charge in [-0.1, -0.05) is 0 Å². The molecule has 1 unspecified atom stereocenters. The molecule has 0 bridgehead atoms. The quantitative estimate of drug-likeness (QED) is 0.626. The van der Waals surface area contributed by atoms with E-state index in [0.717, 1.165) is 4.42 Å². The number of nitrogens with zero attached hydrogens (tertiary/aromatic N) is 2. The largest absolute Gasteiger partial charge is 0.286 e. The molecule has 1 heterocycles. The molecule has 0 aliphatic carbocycles. The van der Waals surface area contributed by atoms with Gasteiger partial charge in [-0.25, -0.2) is 4.42 Å². The van der Waals surface area contributed by atoms with Gasteiger partial charge in [0.05, 0.1) is 5.75 Å². The minimum atomic E-state index is -4.15. The van der Waals surface area contributed by atoms with E-state index < -0.39 is 33.0 Å². The molecule has 1 N–H and O–H groups in total. The molecule has 1 fully saturated rings. The number of amides is 1. The molecule has 17 heavy (non-hydrogen) atoms. The van der Waals surface area contributed by atoms with E-state index in [1.54, 1.807) is 13.8 Å². The van der Waals surface area contributed by atoms with Gasteiger partial charge in [-0.15, -0.1) is 0 Å². The SMILES string of the molecule is CC1(CCS(=O)(=O)O)C(=O)N(Cl)C(C)(C)N1Cl. The van der Waals surface area contributed by atoms with E-state index in [1.807, 2.05) is 0 Å². The third-order valence-corrected chi connectivity index (χ3v) is 4.95. The zero-order valence-electron chi connectivity index (χ0n) is 9.64. The Morgan fingerprint density at radius 3 is 2.06 bits per heavy atom. The van der Waals surface area contributed by atoms with Gasteiger partial charge in [0.2, 0.25) is 0 Å². The van der Waals surface area contributed by atoms with Gasteiger partial charge in [0, 0.05) is 11.8 Å². The smallest absolute Gasteiger partial charge is 0.264 e. The number of hydrogen-bond acceptors (Lipinski definition) is 4. The summed E-state index contributed by atoms with van der Waals surface area (Å²) in [7, 11) is -4.15. The number of carbonyl (C=O) groups excluding carboxylic acids is 1. The summed E-state index contributed by atoms with van der Waals surface area (Å²) in [6.45, 7) is 4.74. The van der Waals surface area contributed by atoms with Crippen molar-refractivity contribution < 1.29 is 17.8 Å². The van der Waals surface area contributed by atoms with E-state index in [2.05, 4.69) is 0 Å². The molecule has 0 aromatic rings. The maximum Gasteiger partial charge on any atom is 0.264 e. The van der Waals surface area contributed by atoms with Crippen LogP contribution in [0.15, 0.2) is 0 Å². The highest BCUT2D eigenvalue weighted by atomic mass is 35.5. The zero-order valence-corrected chi connectivity index (χ0v) is 12.0. The Labute approximate surface area is 110 Å². The first kappa shape index (κ1) is 15.0. The molecule has 1 saturated heterocycles. The average molecular weight is 305 g/mol. The van der Waals surface area contributed by atoms with Crippen LogP contribution in [0.5, 0.6) is 0 Å². The highest BCUT2D eigenvalue weighted by Gasteiger charge is 2.58. The molecule has 9 heteroatoms. The molecule has 0 aromatic heterocycles. The summed E-state index contributed by atoms with van der Waals surface area (Å²) in [6, 6.07) is 0. The van der Waals surface area contributed by atoms with E-state index in [1.165, 1.54) is 11.3 Å². The Morgan fingerprint density at radius 2 is 1.76 bits per heavy atom. The Bertz CT molecular complexity index is 439. The van der Waals surface area contributed by atoms with E-state index in [9.17, 15) is 13.2 Å². The summed E-state index contributed by atoms with van der Waals surface area (Å²) >= 11 is 11.9. The summed E-state index contributed by atoms with van der Waals surface area (Å²) in [5.74, 6) is -1.05. The summed E-state index contributed by atoms with van der Waals surface area (Å²) in [5, 5.41) is 0. The Kier molecular flexibility index (Phi) is 3.73. The van der Waals surface area contributed by atoms with Crippen molar-refractivity contribution in [2.75, 3.05) is 5.75 Å². The third kappa shape index (κ3) is 2.53. The average Bonchev–Trinajstić information content (AvgIpc) is 2.30. The molecular weight excluding hydrogens is 291 g/mol. The van der Waals surface area contributed by atoms with Gasteiger partial charge in [-0.2, -0.15) is 12.8 Å². The number of hydrogen-bond donors (Lipinski definition) is 1. The van der Waals surface area contributed by atoms with Crippen molar-refractivity contribution in [3.63, 3.8) is 0 Å². The van der Waals surface area contributed by atoms with Gasteiger partial charge in [0.1, 0.15) is 11.2 Å². The van der Waals surface area contributed by atoms with E-state index in [0.29, 0.717) is 0 Å². The van der Waals surface area contributed by atoms with Crippen molar-refractivity contribution in [3.05, 3.63) is 0 Å². The lowest BCUT2D eigenvalue weighted by molar-refractivity contribution is -0.129. The van der Waals surface area contributed by atoms with Crippen molar-refractivity contribution in [2.45, 2.75) is 38.4 Å². The van der Waals surface area contributed by atoms with Gasteiger partial charge in [-0.05, 0) is 39.0 Å². The van der Waals surface area contributed by atoms with Crippen LogP contribution in [-0.4, -0.2) is 44.7 Å². The Morgan fingerprint density at radius 1 is 1.29 bits per heavy atom. The molecule has 0 spiro atoms. The number of carbonyl (C=O) groups is 1. The van der Waals surface area contributed by atoms with Gasteiger partial charge in [-0.3, -0.25) is 9.35 Å². The normalized spacial score (nSPS) is 30.0. The monoisotopic (exact) mass is 304 g/mol. The van der Waals surface area contributed by atoms with Crippen LogP contribution in [0.3, 0.4) is 0 Å². The van der Waals surface area contributed by atoms with Crippen LogP contribution in [-0.2, 0) is 14.9 Å². The molecule has 6 nitrogen and oxygen atoms in total. The van der Waals surface area contributed by atoms with Crippen LogP contribution in [0.25, 0.3) is 0 Å². The fourth-order valence-electron chi connectivity index (χ4n) is 1.76. The lowest BCUT2D eigenvalue weighted by Crippen LogP contribution is -2.47. The summed E-state index contributed by atoms with van der Waals surface area (Å²) < 4.78 is 32.3. The third-order valence-electron chi connectivity index (χ3n) is 2.88. The molecule has 1 rings (SSSR count). The molecule has 0 saturated carbocycles. The highest BCUT2D eigenvalue weighted by molar-refractivity contribution is 7.85. The molecule has 100 valence electrons. The fourth-order valence-corrected chi connectivity index (χ4v) is 2.94. The second-order valence-electron chi connectivity index (χ2n) is 4.67. The van der Waals surface area contributed by atoms with Gasteiger partial charge >= 0.3 is 0 Å². The molecule has 1 amide bonds. The molecule has 1 aliphatic rings. The predicted molar refractivity (Wildman–Crippen MR) is 63.9 cm³/mol. The minimum absolute atomic E-state index is 0.138. The van der Waals surface area contributed by atoms with Crippen LogP contribution in [0, 0.1) is 0 Å². The second kappa shape index (κ2) is 4.24. The lowest BCUT2D eigenvalue weighted by atomic mass is 9.99. The predicted octanol–water partition coefficient (Wildman–Crippen LogP) is 1.21. The maximum absolute atomic E-state index is 12.0. The first-order valence-corrected chi connectivity index (χ1v) is 7.13. The maximum atomic E-state index is 12.0. The standard InChI is InChI=1S/C8H14Cl2N2O4S/c1-7(2)11(9)6(13)8(3,12(7)10)4-5-17(14,15)16/h4-5H2,1-3H3,(H,14,15,16). The van der Waals surface area contributed by atoms with Gasteiger partial charge < -0.3 is 0 Å². The molecule has 1 aliphatic heterocycles. The Hall–Kier alpha value is -0.0800. The first-order valence-electron chi connectivity index (χ1n) is 4.84. The van der Waals surface area contributed by atoms with Gasteiger partial charge in [0.15, 0.2) is 0 Å². The highest BCUT2D eigenvalue weighted by Crippen LogP contribution is 2.43. The van der Waals surface area contributed by atoms with E-state index in [4.69, 9.17) is 28.1 Å². The summed E-state index contributed by atoms with van der Waals surface area (Å²) in [4.78, 5) is 12.0. The summed E-state index contributed by atoms with van der Waals surface area (Å²) in [6.07, 6.45) is -0.138. The molecule has 0 radical (unpaired) electrons. The Balaban J connectivity index is 3.01. The lowest BCUT2D eigenvalue weighted by Gasteiger charge is -2.33. The molecule has 0 aromatic carbocycles. The van der Waals surface area contributed by atoms with Crippen molar-refractivity contribution in [2.24, 2.45) is 0 Å². The van der Waals surface area contributed by atoms with Crippen LogP contribution < -0.4 is 0 Å². The van der Waals surface area contributed by atoms with Crippen LogP contribution >= 0.6 is 23.6 Å². The second-order valence-corrected chi connectivity index (χ2v) is 6.92. The van der Waals surface area contributed by atoms with Crippen LogP contribution in [0.4, 0.5) is 0 Å². The van der Waals surface area contributed by atoms with Crippen molar-refractivity contribution >= 4 is 39.6 Å². The first-order chi connectivity index (χ1) is 7.43. The van der Waals surface area contributed by atoms with Gasteiger partial charge in [0.25, 0.3) is 16.0 Å². The minimum Gasteiger partial charge on any atom is -0.286 e. The zero-order chi connectivity index (χ0) is 13.6. The fraction of sp³-hybridized carbons (Fsp3) is 0.875. The summed E-state index contributed by atoms with van der Waals surface area (Å²) in [5.41, 5.74) is -2.20. The number of halogens is 2. The van der Waals surface area contributed by atoms with E-state index in [-0.39, 0.29) is 6.42 Å². The van der Waals surface area contributed by atoms with E-state index >= 15 is 0 Å². The van der Waals surface area contributed by atoms with Crippen molar-refractivity contribution in [1.29, 1.82) is 0 Å². The topological polar surface area (TPSA) is 77.9 Å². The van der Waals surface area contributed by atoms with Crippen molar-refractivity contribution in [1.82, 2.24) is 8.84 Å². The van der Waals surface area contributed by atoms with Crippen LogP contribution in [0.2, 0.25) is 0 Å². The number of rotatable bonds is 3.